The number of hydrogen-bond acceptors (Lipinski definition) is 5. The first-order chi connectivity index (χ1) is 13.4. The van der Waals surface area contributed by atoms with Gasteiger partial charge in [0, 0.05) is 31.1 Å². The number of halogens is 1. The Morgan fingerprint density at radius 1 is 1.14 bits per heavy atom. The van der Waals surface area contributed by atoms with Crippen LogP contribution in [0.5, 0.6) is 0 Å². The Balaban J connectivity index is 1.58. The van der Waals surface area contributed by atoms with Crippen molar-refractivity contribution in [2.45, 2.75) is 6.92 Å². The molecular weight excluding hydrogens is 361 g/mol. The summed E-state index contributed by atoms with van der Waals surface area (Å²) in [6.07, 6.45) is 1.39. The number of likely N-dealkylation sites (tertiary alicyclic amines) is 1. The van der Waals surface area contributed by atoms with Crippen molar-refractivity contribution in [2.75, 3.05) is 24.1 Å². The lowest BCUT2D eigenvalue weighted by Crippen LogP contribution is -2.53. The predicted molar refractivity (Wildman–Crippen MR) is 104 cm³/mol. The minimum absolute atomic E-state index is 0.0587. The fraction of sp³-hybridized carbons (Fsp3) is 0.200. The highest BCUT2D eigenvalue weighted by Crippen LogP contribution is 2.29. The molecule has 1 aliphatic rings. The quantitative estimate of drug-likeness (QED) is 0.728. The summed E-state index contributed by atoms with van der Waals surface area (Å²) >= 11 is 0. The van der Waals surface area contributed by atoms with E-state index < -0.39 is 5.82 Å². The van der Waals surface area contributed by atoms with Crippen LogP contribution in [0.1, 0.15) is 6.92 Å². The van der Waals surface area contributed by atoms with E-state index in [4.69, 9.17) is 5.73 Å². The standard InChI is InChI=1S/C20H18FN5O2/c1-11(27)26-8-14(9-26)20(28)25-16-5-13(4-15(21)7-16)12-2-3-18-17(6-12)19(22)24-10-23-18/h2-7,10,14H,8-9H2,1H3,(H,25,28)(H2,22,23,24). The first kappa shape index (κ1) is 17.8. The molecule has 28 heavy (non-hydrogen) atoms. The van der Waals surface area contributed by atoms with Gasteiger partial charge in [0.05, 0.1) is 11.4 Å². The maximum atomic E-state index is 14.2. The van der Waals surface area contributed by atoms with Gasteiger partial charge >= 0.3 is 0 Å². The van der Waals surface area contributed by atoms with E-state index in [0.717, 1.165) is 5.56 Å². The number of nitrogens with two attached hydrogens (primary N) is 1. The molecule has 7 nitrogen and oxygen atoms in total. The summed E-state index contributed by atoms with van der Waals surface area (Å²) in [5.74, 6) is -0.698. The number of fused-ring (bicyclic) bond motifs is 1. The Morgan fingerprint density at radius 2 is 1.93 bits per heavy atom. The maximum absolute atomic E-state index is 14.2. The van der Waals surface area contributed by atoms with E-state index >= 15 is 0 Å². The number of carbonyl (C=O) groups is 2. The number of aromatic nitrogens is 2. The van der Waals surface area contributed by atoms with Gasteiger partial charge in [0.15, 0.2) is 0 Å². The summed E-state index contributed by atoms with van der Waals surface area (Å²) < 4.78 is 14.2. The summed E-state index contributed by atoms with van der Waals surface area (Å²) in [5, 5.41) is 3.41. The third kappa shape index (κ3) is 3.36. The van der Waals surface area contributed by atoms with Gasteiger partial charge < -0.3 is 16.0 Å². The minimum Gasteiger partial charge on any atom is -0.383 e. The number of rotatable bonds is 3. The van der Waals surface area contributed by atoms with Crippen LogP contribution < -0.4 is 11.1 Å². The largest absolute Gasteiger partial charge is 0.383 e. The Kier molecular flexibility index (Phi) is 4.38. The molecule has 0 atom stereocenters. The Labute approximate surface area is 160 Å². The molecule has 2 heterocycles. The number of carbonyl (C=O) groups excluding carboxylic acids is 2. The molecule has 8 heteroatoms. The second kappa shape index (κ2) is 6.88. The summed E-state index contributed by atoms with van der Waals surface area (Å²) in [6, 6.07) is 9.74. The van der Waals surface area contributed by atoms with Crippen LogP contribution in [0.2, 0.25) is 0 Å². The molecule has 1 aliphatic heterocycles. The summed E-state index contributed by atoms with van der Waals surface area (Å²) in [7, 11) is 0. The maximum Gasteiger partial charge on any atom is 0.231 e. The second-order valence-electron chi connectivity index (χ2n) is 6.83. The highest BCUT2D eigenvalue weighted by atomic mass is 19.1. The molecule has 0 aliphatic carbocycles. The van der Waals surface area contributed by atoms with E-state index in [0.29, 0.717) is 41.1 Å². The van der Waals surface area contributed by atoms with Crippen LogP contribution in [0, 0.1) is 11.7 Å². The second-order valence-corrected chi connectivity index (χ2v) is 6.83. The van der Waals surface area contributed by atoms with Crippen molar-refractivity contribution in [3.05, 3.63) is 48.5 Å². The number of anilines is 2. The number of benzene rings is 2. The van der Waals surface area contributed by atoms with Gasteiger partial charge in [-0.2, -0.15) is 0 Å². The van der Waals surface area contributed by atoms with Gasteiger partial charge in [-0.15, -0.1) is 0 Å². The molecule has 1 aromatic heterocycles. The van der Waals surface area contributed by atoms with Crippen LogP contribution >= 0.6 is 0 Å². The summed E-state index contributed by atoms with van der Waals surface area (Å²) in [4.78, 5) is 33.3. The van der Waals surface area contributed by atoms with Crippen molar-refractivity contribution >= 4 is 34.2 Å². The zero-order valence-corrected chi connectivity index (χ0v) is 15.1. The normalized spacial score (nSPS) is 14.0. The van der Waals surface area contributed by atoms with Gasteiger partial charge in [0.25, 0.3) is 0 Å². The van der Waals surface area contributed by atoms with Crippen molar-refractivity contribution < 1.29 is 14.0 Å². The molecule has 1 fully saturated rings. The van der Waals surface area contributed by atoms with Crippen LogP contribution in [0.25, 0.3) is 22.0 Å². The topological polar surface area (TPSA) is 101 Å². The van der Waals surface area contributed by atoms with E-state index in [9.17, 15) is 14.0 Å². The zero-order chi connectivity index (χ0) is 19.8. The van der Waals surface area contributed by atoms with Gasteiger partial charge in [-0.05, 0) is 41.5 Å². The van der Waals surface area contributed by atoms with Crippen molar-refractivity contribution in [1.82, 2.24) is 14.9 Å². The lowest BCUT2D eigenvalue weighted by Gasteiger charge is -2.37. The van der Waals surface area contributed by atoms with Crippen LogP contribution in [-0.4, -0.2) is 39.8 Å². The average molecular weight is 379 g/mol. The SMILES string of the molecule is CC(=O)N1CC(C(=O)Nc2cc(F)cc(-c3ccc4ncnc(N)c4c3)c2)C1. The molecule has 0 bridgehead atoms. The van der Waals surface area contributed by atoms with Gasteiger partial charge in [0.1, 0.15) is 18.0 Å². The molecule has 0 radical (unpaired) electrons. The molecule has 0 spiro atoms. The third-order valence-corrected chi connectivity index (χ3v) is 4.86. The molecule has 2 amide bonds. The van der Waals surface area contributed by atoms with Crippen LogP contribution in [0.4, 0.5) is 15.9 Å². The number of nitrogens with zero attached hydrogens (tertiary/aromatic N) is 3. The predicted octanol–water partition coefficient (Wildman–Crippen LogP) is 2.43. The highest BCUT2D eigenvalue weighted by molar-refractivity contribution is 5.96. The highest BCUT2D eigenvalue weighted by Gasteiger charge is 2.34. The van der Waals surface area contributed by atoms with Crippen molar-refractivity contribution in [1.29, 1.82) is 0 Å². The fourth-order valence-corrected chi connectivity index (χ4v) is 3.23. The molecule has 1 saturated heterocycles. The lowest BCUT2D eigenvalue weighted by atomic mass is 9.98. The molecule has 4 rings (SSSR count). The summed E-state index contributed by atoms with van der Waals surface area (Å²) in [6.45, 7) is 2.23. The molecule has 0 unspecified atom stereocenters. The van der Waals surface area contributed by atoms with Gasteiger partial charge in [-0.25, -0.2) is 14.4 Å². The van der Waals surface area contributed by atoms with Gasteiger partial charge in [0.2, 0.25) is 11.8 Å². The van der Waals surface area contributed by atoms with E-state index in [1.54, 1.807) is 23.1 Å². The zero-order valence-electron chi connectivity index (χ0n) is 15.1. The lowest BCUT2D eigenvalue weighted by molar-refractivity contribution is -0.139. The molecule has 2 aromatic carbocycles. The van der Waals surface area contributed by atoms with Crippen LogP contribution in [-0.2, 0) is 9.59 Å². The van der Waals surface area contributed by atoms with Gasteiger partial charge in [-0.3, -0.25) is 9.59 Å². The third-order valence-electron chi connectivity index (χ3n) is 4.86. The van der Waals surface area contributed by atoms with E-state index in [1.165, 1.54) is 25.4 Å². The first-order valence-electron chi connectivity index (χ1n) is 8.78. The Morgan fingerprint density at radius 3 is 2.68 bits per heavy atom. The molecular formula is C20H18FN5O2. The first-order valence-corrected chi connectivity index (χ1v) is 8.78. The summed E-state index contributed by atoms with van der Waals surface area (Å²) in [5.41, 5.74) is 8.29. The molecule has 3 N–H and O–H groups in total. The minimum atomic E-state index is -0.468. The monoisotopic (exact) mass is 379 g/mol. The van der Waals surface area contributed by atoms with Crippen molar-refractivity contribution in [2.24, 2.45) is 5.92 Å². The number of nitrogens with one attached hydrogen (secondary N) is 1. The molecule has 3 aromatic rings. The Hall–Kier alpha value is -3.55. The average Bonchev–Trinajstić information content (AvgIpc) is 2.59. The molecule has 0 saturated carbocycles. The number of nitrogen functional groups attached to an aromatic ring is 1. The van der Waals surface area contributed by atoms with E-state index in [2.05, 4.69) is 15.3 Å². The van der Waals surface area contributed by atoms with Crippen LogP contribution in [0.15, 0.2) is 42.7 Å². The fourth-order valence-electron chi connectivity index (χ4n) is 3.23. The Bertz CT molecular complexity index is 1100. The number of amides is 2. The van der Waals surface area contributed by atoms with Crippen molar-refractivity contribution in [3.8, 4) is 11.1 Å². The van der Waals surface area contributed by atoms with Crippen molar-refractivity contribution in [3.63, 3.8) is 0 Å². The van der Waals surface area contributed by atoms with Gasteiger partial charge in [-0.1, -0.05) is 6.07 Å². The molecule has 142 valence electrons. The smallest absolute Gasteiger partial charge is 0.231 e. The van der Waals surface area contributed by atoms with E-state index in [-0.39, 0.29) is 17.7 Å². The van der Waals surface area contributed by atoms with Crippen LogP contribution in [0.3, 0.4) is 0 Å². The number of hydrogen-bond donors (Lipinski definition) is 2. The van der Waals surface area contributed by atoms with E-state index in [1.807, 2.05) is 6.07 Å².